The minimum absolute atomic E-state index is 0.00325. The zero-order valence-electron chi connectivity index (χ0n) is 22.7. The largest absolute Gasteiger partial charge is 0.496 e. The summed E-state index contributed by atoms with van der Waals surface area (Å²) in [6.07, 6.45) is -4.82. The van der Waals surface area contributed by atoms with E-state index in [1.807, 2.05) is 0 Å². The van der Waals surface area contributed by atoms with Crippen LogP contribution in [-0.2, 0) is 11.0 Å². The third-order valence-electron chi connectivity index (χ3n) is 6.86. The van der Waals surface area contributed by atoms with Gasteiger partial charge in [-0.2, -0.15) is 13.2 Å². The summed E-state index contributed by atoms with van der Waals surface area (Å²) in [5.74, 6) is -3.33. The first kappa shape index (κ1) is 29.9. The fourth-order valence-corrected chi connectivity index (χ4v) is 5.63. The maximum Gasteiger partial charge on any atom is 0.419 e. The molecule has 224 valence electrons. The third-order valence-corrected chi connectivity index (χ3v) is 7.79. The molecular formula is C29H24F4N4O5S. The Bertz CT molecular complexity index is 1760. The number of fused-ring (bicyclic) bond motifs is 1. The van der Waals surface area contributed by atoms with Gasteiger partial charge in [-0.25, -0.2) is 9.37 Å². The van der Waals surface area contributed by atoms with Crippen LogP contribution in [0.15, 0.2) is 48.5 Å². The number of aliphatic hydroxyl groups excluding tert-OH is 1. The Morgan fingerprint density at radius 3 is 2.51 bits per heavy atom. The van der Waals surface area contributed by atoms with Gasteiger partial charge in [0.1, 0.15) is 11.6 Å². The summed E-state index contributed by atoms with van der Waals surface area (Å²) in [5.41, 5.74) is -1.01. The molecule has 1 aliphatic heterocycles. The normalized spacial score (nSPS) is 15.2. The van der Waals surface area contributed by atoms with Crippen molar-refractivity contribution >= 4 is 56.3 Å². The average molecular weight is 617 g/mol. The Hall–Kier alpha value is -4.56. The molecule has 0 bridgehead atoms. The predicted octanol–water partition coefficient (Wildman–Crippen LogP) is 5.62. The molecule has 1 saturated heterocycles. The quantitative estimate of drug-likeness (QED) is 0.232. The molecule has 3 N–H and O–H groups in total. The van der Waals surface area contributed by atoms with Gasteiger partial charge in [0, 0.05) is 36.9 Å². The van der Waals surface area contributed by atoms with E-state index in [1.165, 1.54) is 47.6 Å². The molecule has 0 radical (unpaired) electrons. The molecule has 9 nitrogen and oxygen atoms in total. The molecule has 5 rings (SSSR count). The molecule has 1 unspecified atom stereocenters. The molecule has 0 aliphatic carbocycles. The van der Waals surface area contributed by atoms with Crippen LogP contribution in [0.25, 0.3) is 10.2 Å². The van der Waals surface area contributed by atoms with E-state index in [2.05, 4.69) is 15.6 Å². The maximum atomic E-state index is 13.8. The SMILES string of the molecule is COc1ccc(N2CC(CO)CC2=O)cc1C(=O)Nc1cc2nc(C)sc2cc1C(=O)Nc1ccc(F)c(C(F)(F)F)c1. The van der Waals surface area contributed by atoms with E-state index in [4.69, 9.17) is 4.74 Å². The fraction of sp³-hybridized carbons (Fsp3) is 0.241. The number of methoxy groups -OCH3 is 1. The summed E-state index contributed by atoms with van der Waals surface area (Å²) in [7, 11) is 1.36. The lowest BCUT2D eigenvalue weighted by molar-refractivity contribution is -0.140. The molecular weight excluding hydrogens is 592 g/mol. The first-order valence-electron chi connectivity index (χ1n) is 12.9. The van der Waals surface area contributed by atoms with E-state index in [1.54, 1.807) is 13.0 Å². The molecule has 0 saturated carbocycles. The zero-order valence-corrected chi connectivity index (χ0v) is 23.5. The number of hydrogen-bond donors (Lipinski definition) is 3. The topological polar surface area (TPSA) is 121 Å². The van der Waals surface area contributed by atoms with Crippen molar-refractivity contribution in [2.24, 2.45) is 5.92 Å². The smallest absolute Gasteiger partial charge is 0.419 e. The highest BCUT2D eigenvalue weighted by atomic mass is 32.1. The number of rotatable bonds is 7. The minimum Gasteiger partial charge on any atom is -0.496 e. The molecule has 0 spiro atoms. The number of hydrogen-bond acceptors (Lipinski definition) is 7. The van der Waals surface area contributed by atoms with Crippen LogP contribution in [0.2, 0.25) is 0 Å². The summed E-state index contributed by atoms with van der Waals surface area (Å²) < 4.78 is 59.4. The maximum absolute atomic E-state index is 13.8. The number of anilines is 3. The summed E-state index contributed by atoms with van der Waals surface area (Å²) in [5, 5.41) is 15.2. The van der Waals surface area contributed by atoms with Gasteiger partial charge in [0.25, 0.3) is 11.8 Å². The summed E-state index contributed by atoms with van der Waals surface area (Å²) in [6.45, 7) is 1.86. The second-order valence-electron chi connectivity index (χ2n) is 9.84. The number of aliphatic hydroxyl groups is 1. The summed E-state index contributed by atoms with van der Waals surface area (Å²) in [6, 6.07) is 9.56. The van der Waals surface area contributed by atoms with Gasteiger partial charge in [-0.05, 0) is 55.5 Å². The van der Waals surface area contributed by atoms with Crippen LogP contribution in [0.1, 0.15) is 37.7 Å². The van der Waals surface area contributed by atoms with E-state index < -0.39 is 29.4 Å². The number of halogens is 4. The summed E-state index contributed by atoms with van der Waals surface area (Å²) in [4.78, 5) is 45.3. The molecule has 1 aromatic heterocycles. The van der Waals surface area contributed by atoms with Crippen LogP contribution in [0, 0.1) is 18.7 Å². The monoisotopic (exact) mass is 616 g/mol. The molecule has 43 heavy (non-hydrogen) atoms. The molecule has 1 fully saturated rings. The van der Waals surface area contributed by atoms with Gasteiger partial charge in [-0.1, -0.05) is 0 Å². The second kappa shape index (κ2) is 11.6. The number of thiazole rings is 1. The van der Waals surface area contributed by atoms with Crippen molar-refractivity contribution in [3.05, 3.63) is 76.0 Å². The van der Waals surface area contributed by atoms with E-state index in [0.29, 0.717) is 33.0 Å². The number of ether oxygens (including phenoxy) is 1. The highest BCUT2D eigenvalue weighted by Gasteiger charge is 2.35. The highest BCUT2D eigenvalue weighted by molar-refractivity contribution is 7.18. The number of aryl methyl sites for hydroxylation is 1. The first-order chi connectivity index (χ1) is 20.4. The van der Waals surface area contributed by atoms with Crippen LogP contribution in [0.5, 0.6) is 5.75 Å². The van der Waals surface area contributed by atoms with Crippen LogP contribution >= 0.6 is 11.3 Å². The van der Waals surface area contributed by atoms with E-state index in [-0.39, 0.29) is 59.6 Å². The molecule has 3 aromatic carbocycles. The lowest BCUT2D eigenvalue weighted by Gasteiger charge is -2.19. The van der Waals surface area contributed by atoms with Crippen LogP contribution in [-0.4, -0.2) is 48.1 Å². The molecule has 14 heteroatoms. The van der Waals surface area contributed by atoms with Crippen molar-refractivity contribution in [3.8, 4) is 5.75 Å². The van der Waals surface area contributed by atoms with Gasteiger partial charge in [0.2, 0.25) is 5.91 Å². The number of amides is 3. The van der Waals surface area contributed by atoms with Crippen molar-refractivity contribution < 1.29 is 41.8 Å². The Kier molecular flexibility index (Phi) is 8.08. The number of carbonyl (C=O) groups is 3. The number of carbonyl (C=O) groups excluding carboxylic acids is 3. The van der Waals surface area contributed by atoms with Crippen molar-refractivity contribution in [2.45, 2.75) is 19.5 Å². The molecule has 1 atom stereocenters. The Labute approximate surface area is 246 Å². The molecule has 1 aliphatic rings. The molecule has 4 aromatic rings. The van der Waals surface area contributed by atoms with E-state index in [9.17, 15) is 37.1 Å². The van der Waals surface area contributed by atoms with Crippen LogP contribution < -0.4 is 20.3 Å². The van der Waals surface area contributed by atoms with Gasteiger partial charge >= 0.3 is 6.18 Å². The summed E-state index contributed by atoms with van der Waals surface area (Å²) >= 11 is 1.27. The highest BCUT2D eigenvalue weighted by Crippen LogP contribution is 2.35. The molecule has 2 heterocycles. The Morgan fingerprint density at radius 1 is 1.09 bits per heavy atom. The van der Waals surface area contributed by atoms with Crippen LogP contribution in [0.4, 0.5) is 34.6 Å². The van der Waals surface area contributed by atoms with E-state index >= 15 is 0 Å². The average Bonchev–Trinajstić information content (AvgIpc) is 3.52. The van der Waals surface area contributed by atoms with Gasteiger partial charge in [-0.15, -0.1) is 11.3 Å². The van der Waals surface area contributed by atoms with E-state index in [0.717, 1.165) is 6.07 Å². The minimum atomic E-state index is -4.98. The van der Waals surface area contributed by atoms with Crippen molar-refractivity contribution in [3.63, 3.8) is 0 Å². The van der Waals surface area contributed by atoms with Gasteiger partial charge in [0.05, 0.1) is 44.7 Å². The third kappa shape index (κ3) is 6.15. The first-order valence-corrected chi connectivity index (χ1v) is 13.7. The number of aromatic nitrogens is 1. The number of alkyl halides is 3. The number of benzene rings is 3. The number of nitrogens with one attached hydrogen (secondary N) is 2. The fourth-order valence-electron chi connectivity index (χ4n) is 4.78. The lowest BCUT2D eigenvalue weighted by atomic mass is 10.1. The predicted molar refractivity (Wildman–Crippen MR) is 152 cm³/mol. The molecule has 3 amide bonds. The van der Waals surface area contributed by atoms with Crippen LogP contribution in [0.3, 0.4) is 0 Å². The Morgan fingerprint density at radius 2 is 1.84 bits per heavy atom. The lowest BCUT2D eigenvalue weighted by Crippen LogP contribution is -2.25. The zero-order chi connectivity index (χ0) is 31.1. The van der Waals surface area contributed by atoms with Gasteiger partial charge < -0.3 is 25.4 Å². The Balaban J connectivity index is 1.49. The van der Waals surface area contributed by atoms with Crippen molar-refractivity contribution in [1.82, 2.24) is 4.98 Å². The number of nitrogens with zero attached hydrogens (tertiary/aromatic N) is 2. The standard InChI is InChI=1S/C29H24F4N4O5S/c1-14-34-23-11-22(18(10-25(23)43-14)27(40)35-16-3-5-21(30)20(8-16)29(31,32)33)36-28(41)19-9-17(4-6-24(19)42-2)37-12-15(13-38)7-26(37)39/h3-6,8-11,15,38H,7,12-13H2,1-2H3,(H,35,40)(H,36,41). The van der Waals surface area contributed by atoms with Gasteiger partial charge in [0.15, 0.2) is 0 Å². The van der Waals surface area contributed by atoms with Crippen molar-refractivity contribution in [1.29, 1.82) is 0 Å². The van der Waals surface area contributed by atoms with Crippen molar-refractivity contribution in [2.75, 3.05) is 35.8 Å². The van der Waals surface area contributed by atoms with Gasteiger partial charge in [-0.3, -0.25) is 14.4 Å². The second-order valence-corrected chi connectivity index (χ2v) is 11.1.